The third-order valence-electron chi connectivity index (χ3n) is 3.53. The Bertz CT molecular complexity index is 318. The first kappa shape index (κ1) is 15.5. The normalized spacial score (nSPS) is 31.3. The minimum absolute atomic E-state index is 0.0190. The molecule has 1 heterocycles. The van der Waals surface area contributed by atoms with E-state index >= 15 is 0 Å². The summed E-state index contributed by atoms with van der Waals surface area (Å²) in [6.07, 6.45) is 3.64. The van der Waals surface area contributed by atoms with Crippen molar-refractivity contribution in [1.29, 1.82) is 0 Å². The van der Waals surface area contributed by atoms with Gasteiger partial charge in [0.1, 0.15) is 5.78 Å². The molecule has 1 fully saturated rings. The summed E-state index contributed by atoms with van der Waals surface area (Å²) in [6, 6.07) is 0.0535. The molecule has 0 aliphatic carbocycles. The van der Waals surface area contributed by atoms with Crippen molar-refractivity contribution in [1.82, 2.24) is 5.32 Å². The minimum atomic E-state index is -0.355. The highest BCUT2D eigenvalue weighted by atomic mass is 32.2. The van der Waals surface area contributed by atoms with Crippen LogP contribution in [0.3, 0.4) is 0 Å². The zero-order chi connectivity index (χ0) is 13.8. The maximum absolute atomic E-state index is 11.1. The minimum Gasteiger partial charge on any atom is -0.351 e. The predicted molar refractivity (Wildman–Crippen MR) is 75.6 cm³/mol. The Morgan fingerprint density at radius 3 is 2.61 bits per heavy atom. The molecule has 0 aromatic rings. The van der Waals surface area contributed by atoms with Crippen LogP contribution in [0.4, 0.5) is 0 Å². The van der Waals surface area contributed by atoms with Gasteiger partial charge in [0, 0.05) is 29.9 Å². The number of hydrogen-bond donors (Lipinski definition) is 2. The number of ketones is 1. The third kappa shape index (κ3) is 4.28. The zero-order valence-electron chi connectivity index (χ0n) is 11.5. The number of amides is 1. The number of nitrogens with two attached hydrogens (primary N) is 1. The Morgan fingerprint density at radius 2 is 2.06 bits per heavy atom. The zero-order valence-corrected chi connectivity index (χ0v) is 12.3. The molecular formula is C13H24N2O2S. The second kappa shape index (κ2) is 6.57. The highest BCUT2D eigenvalue weighted by molar-refractivity contribution is 8.00. The SMILES string of the molecule is CC(=O)CCCC[C@@H]1SCC(NC(C)=O)C1(C)N. The summed E-state index contributed by atoms with van der Waals surface area (Å²) in [5, 5.41) is 3.29. The van der Waals surface area contributed by atoms with Gasteiger partial charge in [0.25, 0.3) is 0 Å². The molecule has 2 unspecified atom stereocenters. The van der Waals surface area contributed by atoms with Gasteiger partial charge in [0.15, 0.2) is 0 Å². The molecule has 1 saturated heterocycles. The van der Waals surface area contributed by atoms with E-state index in [1.54, 1.807) is 6.92 Å². The van der Waals surface area contributed by atoms with E-state index in [0.29, 0.717) is 11.7 Å². The smallest absolute Gasteiger partial charge is 0.217 e. The number of unbranched alkanes of at least 4 members (excludes halogenated alkanes) is 1. The lowest BCUT2D eigenvalue weighted by atomic mass is 9.88. The molecule has 1 aliphatic rings. The second-order valence-corrected chi connectivity index (χ2v) is 6.62. The monoisotopic (exact) mass is 272 g/mol. The van der Waals surface area contributed by atoms with Crippen molar-refractivity contribution in [3.63, 3.8) is 0 Å². The van der Waals surface area contributed by atoms with Gasteiger partial charge in [-0.25, -0.2) is 0 Å². The molecule has 3 N–H and O–H groups in total. The van der Waals surface area contributed by atoms with Crippen molar-refractivity contribution >= 4 is 23.5 Å². The molecule has 1 rings (SSSR count). The molecule has 1 amide bonds. The van der Waals surface area contributed by atoms with Gasteiger partial charge in [-0.3, -0.25) is 4.79 Å². The van der Waals surface area contributed by atoms with Gasteiger partial charge < -0.3 is 15.8 Å². The fraction of sp³-hybridized carbons (Fsp3) is 0.846. The number of hydrogen-bond acceptors (Lipinski definition) is 4. The van der Waals surface area contributed by atoms with Gasteiger partial charge in [-0.15, -0.1) is 0 Å². The van der Waals surface area contributed by atoms with Crippen LogP contribution in [0.25, 0.3) is 0 Å². The number of thioether (sulfide) groups is 1. The lowest BCUT2D eigenvalue weighted by molar-refractivity contribution is -0.120. The van der Waals surface area contributed by atoms with E-state index in [-0.39, 0.29) is 23.3 Å². The van der Waals surface area contributed by atoms with E-state index < -0.39 is 0 Å². The first-order valence-corrected chi connectivity index (χ1v) is 7.56. The number of Topliss-reactive ketones (excluding diaryl/α,β-unsaturated/α-hetero) is 1. The van der Waals surface area contributed by atoms with Gasteiger partial charge >= 0.3 is 0 Å². The molecule has 4 nitrogen and oxygen atoms in total. The van der Waals surface area contributed by atoms with Gasteiger partial charge in [0.2, 0.25) is 5.91 Å². The Labute approximate surface area is 113 Å². The first-order valence-electron chi connectivity index (χ1n) is 6.51. The lowest BCUT2D eigenvalue weighted by Crippen LogP contribution is -2.58. The van der Waals surface area contributed by atoms with Crippen molar-refractivity contribution in [3.8, 4) is 0 Å². The van der Waals surface area contributed by atoms with Crippen LogP contribution in [0.2, 0.25) is 0 Å². The van der Waals surface area contributed by atoms with Crippen molar-refractivity contribution in [2.75, 3.05) is 5.75 Å². The predicted octanol–water partition coefficient (Wildman–Crippen LogP) is 1.47. The molecule has 3 atom stereocenters. The van der Waals surface area contributed by atoms with Crippen molar-refractivity contribution in [3.05, 3.63) is 0 Å². The molecular weight excluding hydrogens is 248 g/mol. The van der Waals surface area contributed by atoms with Gasteiger partial charge in [0.05, 0.1) is 6.04 Å². The summed E-state index contributed by atoms with van der Waals surface area (Å²) in [6.45, 7) is 5.17. The second-order valence-electron chi connectivity index (χ2n) is 5.39. The Kier molecular flexibility index (Phi) is 5.66. The van der Waals surface area contributed by atoms with Crippen LogP contribution in [-0.2, 0) is 9.59 Å². The Balaban J connectivity index is 2.39. The molecule has 18 heavy (non-hydrogen) atoms. The van der Waals surface area contributed by atoms with E-state index in [1.165, 1.54) is 6.92 Å². The molecule has 0 radical (unpaired) electrons. The van der Waals surface area contributed by atoms with Crippen LogP contribution in [0.5, 0.6) is 0 Å². The quantitative estimate of drug-likeness (QED) is 0.718. The summed E-state index contributed by atoms with van der Waals surface area (Å²) in [5.74, 6) is 1.11. The van der Waals surface area contributed by atoms with Crippen molar-refractivity contribution < 1.29 is 9.59 Å². The average Bonchev–Trinajstić information content (AvgIpc) is 2.49. The van der Waals surface area contributed by atoms with Crippen LogP contribution < -0.4 is 11.1 Å². The molecule has 0 spiro atoms. The van der Waals surface area contributed by atoms with Crippen molar-refractivity contribution in [2.24, 2.45) is 5.73 Å². The summed E-state index contributed by atoms with van der Waals surface area (Å²) in [7, 11) is 0. The number of carbonyl (C=O) groups excluding carboxylic acids is 2. The highest BCUT2D eigenvalue weighted by Crippen LogP contribution is 2.37. The topological polar surface area (TPSA) is 72.2 Å². The van der Waals surface area contributed by atoms with Gasteiger partial charge in [-0.1, -0.05) is 6.42 Å². The van der Waals surface area contributed by atoms with E-state index in [1.807, 2.05) is 18.7 Å². The molecule has 0 bridgehead atoms. The molecule has 0 aromatic carbocycles. The standard InChI is InChI=1S/C13H24N2O2S/c1-9(16)6-4-5-7-12-13(3,14)11(8-18-12)15-10(2)17/h11-12H,4-8,14H2,1-3H3,(H,15,17)/t11?,12-,13?/m0/s1. The maximum atomic E-state index is 11.1. The van der Waals surface area contributed by atoms with Crippen LogP contribution in [-0.4, -0.2) is 34.3 Å². The number of nitrogens with one attached hydrogen (secondary N) is 1. The lowest BCUT2D eigenvalue weighted by Gasteiger charge is -2.32. The Morgan fingerprint density at radius 1 is 1.39 bits per heavy atom. The van der Waals surface area contributed by atoms with Gasteiger partial charge in [-0.05, 0) is 26.7 Å². The van der Waals surface area contributed by atoms with Crippen LogP contribution in [0.1, 0.15) is 46.5 Å². The van der Waals surface area contributed by atoms with Crippen molar-refractivity contribution in [2.45, 2.75) is 63.3 Å². The van der Waals surface area contributed by atoms with Crippen LogP contribution >= 0.6 is 11.8 Å². The summed E-state index contributed by atoms with van der Waals surface area (Å²) >= 11 is 1.83. The molecule has 0 aromatic heterocycles. The van der Waals surface area contributed by atoms with E-state index in [9.17, 15) is 9.59 Å². The fourth-order valence-corrected chi connectivity index (χ4v) is 4.06. The maximum Gasteiger partial charge on any atom is 0.217 e. The fourth-order valence-electron chi connectivity index (χ4n) is 2.34. The molecule has 0 saturated carbocycles. The summed E-state index contributed by atoms with van der Waals surface area (Å²) in [5.41, 5.74) is 6.00. The van der Waals surface area contributed by atoms with E-state index in [0.717, 1.165) is 25.0 Å². The van der Waals surface area contributed by atoms with E-state index in [4.69, 9.17) is 5.73 Å². The largest absolute Gasteiger partial charge is 0.351 e. The highest BCUT2D eigenvalue weighted by Gasteiger charge is 2.44. The third-order valence-corrected chi connectivity index (χ3v) is 5.20. The average molecular weight is 272 g/mol. The molecule has 5 heteroatoms. The number of carbonyl (C=O) groups is 2. The molecule has 1 aliphatic heterocycles. The first-order chi connectivity index (χ1) is 8.34. The number of rotatable bonds is 6. The van der Waals surface area contributed by atoms with Crippen LogP contribution in [0, 0.1) is 0 Å². The Hall–Kier alpha value is -0.550. The van der Waals surface area contributed by atoms with Gasteiger partial charge in [-0.2, -0.15) is 11.8 Å². The summed E-state index contributed by atoms with van der Waals surface area (Å²) < 4.78 is 0. The summed E-state index contributed by atoms with van der Waals surface area (Å²) in [4.78, 5) is 22.0. The van der Waals surface area contributed by atoms with Crippen LogP contribution in [0.15, 0.2) is 0 Å². The van der Waals surface area contributed by atoms with E-state index in [2.05, 4.69) is 5.32 Å². The molecule has 104 valence electrons.